The first kappa shape index (κ1) is 14.8. The number of nitrogens with zero attached hydrogens (tertiary/aromatic N) is 1. The Hall–Kier alpha value is -0.610. The molecular formula is C15H27NO3. The van der Waals surface area contributed by atoms with E-state index in [4.69, 9.17) is 4.74 Å². The molecule has 1 unspecified atom stereocenters. The van der Waals surface area contributed by atoms with Crippen LogP contribution < -0.4 is 0 Å². The van der Waals surface area contributed by atoms with Gasteiger partial charge in [0.2, 0.25) is 5.91 Å². The van der Waals surface area contributed by atoms with Gasteiger partial charge in [0.1, 0.15) is 0 Å². The number of hydrogen-bond acceptors (Lipinski definition) is 3. The van der Waals surface area contributed by atoms with Gasteiger partial charge in [0.15, 0.2) is 0 Å². The van der Waals surface area contributed by atoms with Crippen LogP contribution in [0.4, 0.5) is 0 Å². The molecule has 4 nitrogen and oxygen atoms in total. The number of aliphatic hydroxyl groups excluding tert-OH is 1. The summed E-state index contributed by atoms with van der Waals surface area (Å²) in [4.78, 5) is 14.6. The van der Waals surface area contributed by atoms with Gasteiger partial charge in [-0.05, 0) is 32.1 Å². The van der Waals surface area contributed by atoms with Gasteiger partial charge in [-0.3, -0.25) is 4.79 Å². The van der Waals surface area contributed by atoms with Crippen LogP contribution in [0, 0.1) is 11.3 Å². The summed E-state index contributed by atoms with van der Waals surface area (Å²) >= 11 is 0. The van der Waals surface area contributed by atoms with E-state index < -0.39 is 0 Å². The molecule has 0 saturated carbocycles. The molecule has 0 aromatic heterocycles. The van der Waals surface area contributed by atoms with Crippen LogP contribution in [0.2, 0.25) is 0 Å². The van der Waals surface area contributed by atoms with Crippen molar-refractivity contribution in [3.05, 3.63) is 0 Å². The molecule has 1 amide bonds. The molecule has 0 spiro atoms. The van der Waals surface area contributed by atoms with Gasteiger partial charge < -0.3 is 14.7 Å². The zero-order valence-corrected chi connectivity index (χ0v) is 12.1. The van der Waals surface area contributed by atoms with E-state index in [-0.39, 0.29) is 23.8 Å². The highest BCUT2D eigenvalue weighted by Gasteiger charge is 2.37. The zero-order chi connectivity index (χ0) is 13.7. The minimum Gasteiger partial charge on any atom is -0.396 e. The fourth-order valence-electron chi connectivity index (χ4n) is 3.54. The third-order valence-corrected chi connectivity index (χ3v) is 4.66. The fraction of sp³-hybridized carbons (Fsp3) is 0.933. The summed E-state index contributed by atoms with van der Waals surface area (Å²) in [5.41, 5.74) is -0.0478. The lowest BCUT2D eigenvalue weighted by molar-refractivity contribution is -0.143. The molecule has 0 radical (unpaired) electrons. The van der Waals surface area contributed by atoms with Crippen molar-refractivity contribution in [3.8, 4) is 0 Å². The van der Waals surface area contributed by atoms with E-state index in [0.29, 0.717) is 13.2 Å². The van der Waals surface area contributed by atoms with Crippen LogP contribution in [0.15, 0.2) is 0 Å². The van der Waals surface area contributed by atoms with Gasteiger partial charge >= 0.3 is 0 Å². The predicted octanol–water partition coefficient (Wildman–Crippen LogP) is 1.81. The quantitative estimate of drug-likeness (QED) is 0.847. The van der Waals surface area contributed by atoms with Crippen LogP contribution in [0.3, 0.4) is 0 Å². The number of carbonyl (C=O) groups excluding carboxylic acids is 1. The molecule has 2 saturated heterocycles. The molecule has 2 aliphatic heterocycles. The lowest BCUT2D eigenvalue weighted by Crippen LogP contribution is -2.50. The van der Waals surface area contributed by atoms with Crippen LogP contribution in [0.5, 0.6) is 0 Å². The van der Waals surface area contributed by atoms with Crippen molar-refractivity contribution >= 4 is 5.91 Å². The molecule has 2 fully saturated rings. The Kier molecular flexibility index (Phi) is 5.22. The molecule has 2 aliphatic rings. The summed E-state index contributed by atoms with van der Waals surface area (Å²) in [7, 11) is 0. The number of hydrogen-bond donors (Lipinski definition) is 1. The molecule has 0 aliphatic carbocycles. The van der Waals surface area contributed by atoms with Gasteiger partial charge in [0.25, 0.3) is 0 Å². The summed E-state index contributed by atoms with van der Waals surface area (Å²) in [5, 5.41) is 9.72. The number of amides is 1. The van der Waals surface area contributed by atoms with E-state index in [0.717, 1.165) is 51.6 Å². The predicted molar refractivity (Wildman–Crippen MR) is 73.8 cm³/mol. The molecule has 0 aromatic carbocycles. The Morgan fingerprint density at radius 3 is 2.79 bits per heavy atom. The molecule has 0 aromatic rings. The Morgan fingerprint density at radius 1 is 1.42 bits per heavy atom. The highest BCUT2D eigenvalue weighted by Crippen LogP contribution is 2.35. The average Bonchev–Trinajstić information content (AvgIpc) is 2.48. The van der Waals surface area contributed by atoms with E-state index in [1.165, 1.54) is 0 Å². The largest absolute Gasteiger partial charge is 0.396 e. The SMILES string of the molecule is CCCC1(CO)CCCN(C(=O)C2CCOCC2)C1. The summed E-state index contributed by atoms with van der Waals surface area (Å²) in [6.07, 6.45) is 5.87. The molecule has 110 valence electrons. The van der Waals surface area contributed by atoms with E-state index >= 15 is 0 Å². The van der Waals surface area contributed by atoms with Crippen LogP contribution >= 0.6 is 0 Å². The summed E-state index contributed by atoms with van der Waals surface area (Å²) in [6.45, 7) is 5.39. The Bertz CT molecular complexity index is 298. The third kappa shape index (κ3) is 3.48. The number of likely N-dealkylation sites (tertiary alicyclic amines) is 1. The molecule has 1 N–H and O–H groups in total. The number of rotatable bonds is 4. The monoisotopic (exact) mass is 269 g/mol. The minimum atomic E-state index is -0.0478. The standard InChI is InChI=1S/C15H27NO3/c1-2-6-15(12-17)7-3-8-16(11-15)14(18)13-4-9-19-10-5-13/h13,17H,2-12H2,1H3. The second kappa shape index (κ2) is 6.71. The minimum absolute atomic E-state index is 0.0478. The molecular weight excluding hydrogens is 242 g/mol. The molecule has 2 rings (SSSR count). The van der Waals surface area contributed by atoms with Crippen molar-refractivity contribution in [1.82, 2.24) is 4.90 Å². The van der Waals surface area contributed by atoms with Crippen LogP contribution in [-0.4, -0.2) is 48.8 Å². The van der Waals surface area contributed by atoms with Gasteiger partial charge in [-0.15, -0.1) is 0 Å². The maximum absolute atomic E-state index is 12.5. The third-order valence-electron chi connectivity index (χ3n) is 4.66. The first-order valence-electron chi connectivity index (χ1n) is 7.68. The van der Waals surface area contributed by atoms with Crippen LogP contribution in [0.1, 0.15) is 45.4 Å². The van der Waals surface area contributed by atoms with Crippen molar-refractivity contribution in [1.29, 1.82) is 0 Å². The first-order chi connectivity index (χ1) is 9.21. The van der Waals surface area contributed by atoms with Gasteiger partial charge in [-0.1, -0.05) is 13.3 Å². The Morgan fingerprint density at radius 2 is 2.16 bits per heavy atom. The van der Waals surface area contributed by atoms with Gasteiger partial charge in [-0.25, -0.2) is 0 Å². The van der Waals surface area contributed by atoms with Crippen LogP contribution in [-0.2, 0) is 9.53 Å². The summed E-state index contributed by atoms with van der Waals surface area (Å²) < 4.78 is 5.33. The van der Waals surface area contributed by atoms with Gasteiger partial charge in [0.05, 0.1) is 6.61 Å². The Balaban J connectivity index is 1.97. The zero-order valence-electron chi connectivity index (χ0n) is 12.1. The second-order valence-corrected chi connectivity index (χ2v) is 6.16. The maximum atomic E-state index is 12.5. The molecule has 0 bridgehead atoms. The average molecular weight is 269 g/mol. The first-order valence-corrected chi connectivity index (χ1v) is 7.68. The number of carbonyl (C=O) groups is 1. The number of ether oxygens (including phenoxy) is 1. The maximum Gasteiger partial charge on any atom is 0.225 e. The second-order valence-electron chi connectivity index (χ2n) is 6.16. The molecule has 1 atom stereocenters. The van der Waals surface area contributed by atoms with Crippen LogP contribution in [0.25, 0.3) is 0 Å². The summed E-state index contributed by atoms with van der Waals surface area (Å²) in [6, 6.07) is 0. The Labute approximate surface area is 116 Å². The molecule has 2 heterocycles. The topological polar surface area (TPSA) is 49.8 Å². The fourth-order valence-corrected chi connectivity index (χ4v) is 3.54. The molecule has 4 heteroatoms. The lowest BCUT2D eigenvalue weighted by Gasteiger charge is -2.43. The van der Waals surface area contributed by atoms with E-state index in [2.05, 4.69) is 6.92 Å². The smallest absolute Gasteiger partial charge is 0.225 e. The number of aliphatic hydroxyl groups is 1. The summed E-state index contributed by atoms with van der Waals surface area (Å²) in [5.74, 6) is 0.432. The van der Waals surface area contributed by atoms with Gasteiger partial charge in [-0.2, -0.15) is 0 Å². The number of piperidine rings is 1. The van der Waals surface area contributed by atoms with E-state index in [1.807, 2.05) is 4.90 Å². The lowest BCUT2D eigenvalue weighted by atomic mass is 9.76. The van der Waals surface area contributed by atoms with Crippen molar-refractivity contribution in [2.45, 2.75) is 45.4 Å². The highest BCUT2D eigenvalue weighted by molar-refractivity contribution is 5.79. The van der Waals surface area contributed by atoms with Gasteiger partial charge in [0, 0.05) is 37.6 Å². The van der Waals surface area contributed by atoms with Crippen molar-refractivity contribution in [3.63, 3.8) is 0 Å². The van der Waals surface area contributed by atoms with E-state index in [9.17, 15) is 9.90 Å². The molecule has 19 heavy (non-hydrogen) atoms. The van der Waals surface area contributed by atoms with E-state index in [1.54, 1.807) is 0 Å². The van der Waals surface area contributed by atoms with Crippen molar-refractivity contribution in [2.75, 3.05) is 32.9 Å². The van der Waals surface area contributed by atoms with Crippen molar-refractivity contribution in [2.24, 2.45) is 11.3 Å². The normalized spacial score (nSPS) is 29.5. The highest BCUT2D eigenvalue weighted by atomic mass is 16.5. The van der Waals surface area contributed by atoms with Crippen molar-refractivity contribution < 1.29 is 14.6 Å².